The van der Waals surface area contributed by atoms with E-state index < -0.39 is 16.1 Å². The predicted molar refractivity (Wildman–Crippen MR) is 63.1 cm³/mol. The molecule has 0 spiro atoms. The van der Waals surface area contributed by atoms with Gasteiger partial charge in [0.2, 0.25) is 10.0 Å². The van der Waals surface area contributed by atoms with Crippen LogP contribution in [-0.4, -0.2) is 26.2 Å². The average molecular weight is 264 g/mol. The molecule has 16 heavy (non-hydrogen) atoms. The van der Waals surface area contributed by atoms with E-state index in [1.807, 2.05) is 0 Å². The number of aliphatic hydroxyl groups excluding tert-OH is 1. The van der Waals surface area contributed by atoms with Gasteiger partial charge in [-0.25, -0.2) is 13.1 Å². The molecule has 0 aliphatic rings. The minimum Gasteiger partial charge on any atom is -0.395 e. The van der Waals surface area contributed by atoms with Crippen LogP contribution in [0.25, 0.3) is 0 Å². The summed E-state index contributed by atoms with van der Waals surface area (Å²) in [7, 11) is -3.62. The second-order valence-electron chi connectivity index (χ2n) is 3.57. The molecule has 0 heterocycles. The first-order chi connectivity index (χ1) is 7.38. The summed E-state index contributed by atoms with van der Waals surface area (Å²) in [6.45, 7) is 2.97. The molecule has 1 rings (SSSR count). The molecule has 0 aliphatic heterocycles. The Kier molecular flexibility index (Phi) is 4.32. The van der Waals surface area contributed by atoms with Crippen molar-refractivity contribution < 1.29 is 13.5 Å². The van der Waals surface area contributed by atoms with Gasteiger partial charge in [-0.3, -0.25) is 0 Å². The smallest absolute Gasteiger partial charge is 0.241 e. The monoisotopic (exact) mass is 263 g/mol. The van der Waals surface area contributed by atoms with Gasteiger partial charge in [-0.1, -0.05) is 17.7 Å². The quantitative estimate of drug-likeness (QED) is 0.861. The fraction of sp³-hybridized carbons (Fsp3) is 0.400. The summed E-state index contributed by atoms with van der Waals surface area (Å²) in [4.78, 5) is 0.139. The molecular formula is C10H14ClNO3S. The Balaban J connectivity index is 3.13. The Labute approximate surface area is 100 Å². The molecule has 0 saturated heterocycles. The zero-order valence-corrected chi connectivity index (χ0v) is 10.6. The van der Waals surface area contributed by atoms with E-state index in [1.165, 1.54) is 6.07 Å². The summed E-state index contributed by atoms with van der Waals surface area (Å²) in [5.74, 6) is 0. The van der Waals surface area contributed by atoms with Crippen molar-refractivity contribution >= 4 is 21.6 Å². The van der Waals surface area contributed by atoms with Crippen LogP contribution in [0.3, 0.4) is 0 Å². The number of aliphatic hydroxyl groups is 1. The number of hydrogen-bond donors (Lipinski definition) is 2. The number of sulfonamides is 1. The molecule has 1 unspecified atom stereocenters. The number of halogens is 1. The minimum absolute atomic E-state index is 0.139. The van der Waals surface area contributed by atoms with Crippen LogP contribution >= 0.6 is 11.6 Å². The molecule has 0 radical (unpaired) electrons. The van der Waals surface area contributed by atoms with Gasteiger partial charge in [-0.15, -0.1) is 0 Å². The minimum atomic E-state index is -3.62. The van der Waals surface area contributed by atoms with E-state index in [9.17, 15) is 8.42 Å². The van der Waals surface area contributed by atoms with Gasteiger partial charge < -0.3 is 5.11 Å². The third kappa shape index (κ3) is 2.95. The predicted octanol–water partition coefficient (Wildman–Crippen LogP) is 1.31. The number of benzene rings is 1. The van der Waals surface area contributed by atoms with Gasteiger partial charge in [0, 0.05) is 11.1 Å². The van der Waals surface area contributed by atoms with Crippen molar-refractivity contribution in [2.75, 3.05) is 6.61 Å². The lowest BCUT2D eigenvalue weighted by Gasteiger charge is -2.13. The van der Waals surface area contributed by atoms with Gasteiger partial charge in [-0.05, 0) is 31.5 Å². The first-order valence-corrected chi connectivity index (χ1v) is 6.63. The van der Waals surface area contributed by atoms with E-state index in [4.69, 9.17) is 16.7 Å². The third-order valence-electron chi connectivity index (χ3n) is 2.14. The highest BCUT2D eigenvalue weighted by molar-refractivity contribution is 7.89. The maximum Gasteiger partial charge on any atom is 0.241 e. The largest absolute Gasteiger partial charge is 0.395 e. The van der Waals surface area contributed by atoms with Crippen LogP contribution in [0.2, 0.25) is 5.02 Å². The number of nitrogens with one attached hydrogen (secondary N) is 1. The maximum atomic E-state index is 11.9. The molecule has 90 valence electrons. The van der Waals surface area contributed by atoms with Crippen molar-refractivity contribution in [1.82, 2.24) is 4.72 Å². The zero-order valence-electron chi connectivity index (χ0n) is 9.07. The van der Waals surface area contributed by atoms with Gasteiger partial charge >= 0.3 is 0 Å². The highest BCUT2D eigenvalue weighted by Gasteiger charge is 2.19. The number of rotatable bonds is 4. The summed E-state index contributed by atoms with van der Waals surface area (Å²) in [5.41, 5.74) is 0.502. The molecule has 6 heteroatoms. The molecule has 0 aromatic heterocycles. The molecule has 4 nitrogen and oxygen atoms in total. The van der Waals surface area contributed by atoms with E-state index in [-0.39, 0.29) is 11.5 Å². The Hall–Kier alpha value is -0.620. The molecule has 0 fully saturated rings. The molecular weight excluding hydrogens is 250 g/mol. The fourth-order valence-electron chi connectivity index (χ4n) is 1.24. The molecule has 1 aromatic rings. The zero-order chi connectivity index (χ0) is 12.3. The van der Waals surface area contributed by atoms with Crippen molar-refractivity contribution in [1.29, 1.82) is 0 Å². The second kappa shape index (κ2) is 5.14. The fourth-order valence-corrected chi connectivity index (χ4v) is 2.98. The third-order valence-corrected chi connectivity index (χ3v) is 4.28. The van der Waals surface area contributed by atoms with E-state index >= 15 is 0 Å². The van der Waals surface area contributed by atoms with Crippen LogP contribution in [0.4, 0.5) is 0 Å². The van der Waals surface area contributed by atoms with E-state index in [0.717, 1.165) is 0 Å². The molecule has 0 saturated carbocycles. The van der Waals surface area contributed by atoms with Crippen LogP contribution in [0, 0.1) is 6.92 Å². The van der Waals surface area contributed by atoms with Gasteiger partial charge in [0.05, 0.1) is 11.5 Å². The van der Waals surface area contributed by atoms with Gasteiger partial charge in [0.1, 0.15) is 0 Å². The summed E-state index contributed by atoms with van der Waals surface area (Å²) >= 11 is 5.85. The lowest BCUT2D eigenvalue weighted by molar-refractivity contribution is 0.265. The van der Waals surface area contributed by atoms with Crippen molar-refractivity contribution in [3.05, 3.63) is 28.8 Å². The summed E-state index contributed by atoms with van der Waals surface area (Å²) in [6.07, 6.45) is 0. The van der Waals surface area contributed by atoms with Crippen molar-refractivity contribution in [2.45, 2.75) is 24.8 Å². The summed E-state index contributed by atoms with van der Waals surface area (Å²) in [6, 6.07) is 4.16. The van der Waals surface area contributed by atoms with Crippen LogP contribution in [-0.2, 0) is 10.0 Å². The van der Waals surface area contributed by atoms with Crippen molar-refractivity contribution in [3.8, 4) is 0 Å². The Morgan fingerprint density at radius 2 is 2.12 bits per heavy atom. The second-order valence-corrected chi connectivity index (χ2v) is 5.66. The Morgan fingerprint density at radius 1 is 1.50 bits per heavy atom. The molecule has 0 aliphatic carbocycles. The van der Waals surface area contributed by atoms with E-state index in [0.29, 0.717) is 10.6 Å². The first kappa shape index (κ1) is 13.4. The summed E-state index contributed by atoms with van der Waals surface area (Å²) in [5, 5.41) is 9.22. The molecule has 0 bridgehead atoms. The maximum absolute atomic E-state index is 11.9. The normalized spacial score (nSPS) is 13.8. The van der Waals surface area contributed by atoms with Crippen LogP contribution in [0.15, 0.2) is 23.1 Å². The van der Waals surface area contributed by atoms with Crippen molar-refractivity contribution in [3.63, 3.8) is 0 Å². The lowest BCUT2D eigenvalue weighted by atomic mass is 10.2. The van der Waals surface area contributed by atoms with Crippen LogP contribution in [0.5, 0.6) is 0 Å². The number of hydrogen-bond acceptors (Lipinski definition) is 3. The van der Waals surface area contributed by atoms with Crippen molar-refractivity contribution in [2.24, 2.45) is 0 Å². The van der Waals surface area contributed by atoms with Crippen LogP contribution in [0.1, 0.15) is 12.5 Å². The SMILES string of the molecule is Cc1c(Cl)cccc1S(=O)(=O)NC(C)CO. The van der Waals surface area contributed by atoms with Gasteiger partial charge in [0.25, 0.3) is 0 Å². The summed E-state index contributed by atoms with van der Waals surface area (Å²) < 4.78 is 26.1. The standard InChI is InChI=1S/C10H14ClNO3S/c1-7(6-13)12-16(14,15)10-5-3-4-9(11)8(10)2/h3-5,7,12-13H,6H2,1-2H3. The highest BCUT2D eigenvalue weighted by atomic mass is 35.5. The van der Waals surface area contributed by atoms with E-state index in [2.05, 4.69) is 4.72 Å². The first-order valence-electron chi connectivity index (χ1n) is 4.77. The molecule has 2 N–H and O–H groups in total. The highest BCUT2D eigenvalue weighted by Crippen LogP contribution is 2.22. The Morgan fingerprint density at radius 3 is 2.69 bits per heavy atom. The Bertz CT molecular complexity index is 473. The lowest BCUT2D eigenvalue weighted by Crippen LogP contribution is -2.35. The van der Waals surface area contributed by atoms with Gasteiger partial charge in [-0.2, -0.15) is 0 Å². The van der Waals surface area contributed by atoms with Crippen LogP contribution < -0.4 is 4.72 Å². The van der Waals surface area contributed by atoms with E-state index in [1.54, 1.807) is 26.0 Å². The van der Waals surface area contributed by atoms with Gasteiger partial charge in [0.15, 0.2) is 0 Å². The molecule has 1 aromatic carbocycles. The molecule has 0 amide bonds. The molecule has 1 atom stereocenters. The average Bonchev–Trinajstić information content (AvgIpc) is 2.21. The topological polar surface area (TPSA) is 66.4 Å².